The molecule has 0 bridgehead atoms. The number of hydrogen-bond acceptors (Lipinski definition) is 4. The summed E-state index contributed by atoms with van der Waals surface area (Å²) < 4.78 is 2.09. The summed E-state index contributed by atoms with van der Waals surface area (Å²) in [7, 11) is 1.96. The first kappa shape index (κ1) is 13.8. The van der Waals surface area contributed by atoms with E-state index in [-0.39, 0.29) is 6.10 Å². The SMILES string of the molecule is CCNCc1c(N(C)CC(C)O)nc2ccccn12. The van der Waals surface area contributed by atoms with Crippen LogP contribution in [0.1, 0.15) is 19.5 Å². The van der Waals surface area contributed by atoms with E-state index >= 15 is 0 Å². The van der Waals surface area contributed by atoms with Crippen molar-refractivity contribution in [2.75, 3.05) is 25.0 Å². The molecule has 2 rings (SSSR count). The summed E-state index contributed by atoms with van der Waals surface area (Å²) in [6.45, 7) is 6.13. The monoisotopic (exact) mass is 262 g/mol. The van der Waals surface area contributed by atoms with Crippen molar-refractivity contribution in [3.63, 3.8) is 0 Å². The minimum atomic E-state index is -0.373. The molecule has 1 unspecified atom stereocenters. The maximum absolute atomic E-state index is 9.53. The van der Waals surface area contributed by atoms with Crippen molar-refractivity contribution < 1.29 is 5.11 Å². The number of hydrogen-bond donors (Lipinski definition) is 2. The number of nitrogens with zero attached hydrogens (tertiary/aromatic N) is 3. The van der Waals surface area contributed by atoms with E-state index in [1.807, 2.05) is 36.3 Å². The third-order valence-electron chi connectivity index (χ3n) is 3.05. The van der Waals surface area contributed by atoms with Crippen molar-refractivity contribution in [1.29, 1.82) is 0 Å². The number of likely N-dealkylation sites (N-methyl/N-ethyl adjacent to an activating group) is 1. The summed E-state index contributed by atoms with van der Waals surface area (Å²) >= 11 is 0. The molecule has 0 amide bonds. The van der Waals surface area contributed by atoms with Crippen LogP contribution in [0.25, 0.3) is 5.65 Å². The van der Waals surface area contributed by atoms with Crippen LogP contribution in [0.4, 0.5) is 5.82 Å². The minimum absolute atomic E-state index is 0.373. The van der Waals surface area contributed by atoms with Crippen molar-refractivity contribution in [2.24, 2.45) is 0 Å². The molecule has 0 aliphatic heterocycles. The summed E-state index contributed by atoms with van der Waals surface area (Å²) in [5.41, 5.74) is 2.06. The zero-order chi connectivity index (χ0) is 13.8. The summed E-state index contributed by atoms with van der Waals surface area (Å²) in [4.78, 5) is 6.66. The molecule has 2 heterocycles. The number of rotatable bonds is 6. The van der Waals surface area contributed by atoms with Gasteiger partial charge in [-0.2, -0.15) is 0 Å². The second-order valence-corrected chi connectivity index (χ2v) is 4.82. The van der Waals surface area contributed by atoms with E-state index in [0.717, 1.165) is 30.2 Å². The molecular weight excluding hydrogens is 240 g/mol. The van der Waals surface area contributed by atoms with Gasteiger partial charge in [0.05, 0.1) is 11.8 Å². The van der Waals surface area contributed by atoms with E-state index in [9.17, 15) is 5.11 Å². The van der Waals surface area contributed by atoms with E-state index in [1.54, 1.807) is 6.92 Å². The van der Waals surface area contributed by atoms with Gasteiger partial charge in [-0.15, -0.1) is 0 Å². The molecule has 0 spiro atoms. The molecule has 5 heteroatoms. The van der Waals surface area contributed by atoms with Crippen molar-refractivity contribution in [3.05, 3.63) is 30.1 Å². The van der Waals surface area contributed by atoms with Crippen LogP contribution < -0.4 is 10.2 Å². The number of pyridine rings is 1. The van der Waals surface area contributed by atoms with Gasteiger partial charge in [-0.3, -0.25) is 0 Å². The highest BCUT2D eigenvalue weighted by atomic mass is 16.3. The lowest BCUT2D eigenvalue weighted by atomic mass is 10.3. The Bertz CT molecular complexity index is 535. The van der Waals surface area contributed by atoms with Crippen molar-refractivity contribution in [3.8, 4) is 0 Å². The molecule has 1 atom stereocenters. The van der Waals surface area contributed by atoms with Crippen LogP contribution >= 0.6 is 0 Å². The first-order valence-electron chi connectivity index (χ1n) is 6.69. The van der Waals surface area contributed by atoms with Crippen molar-refractivity contribution in [1.82, 2.24) is 14.7 Å². The Morgan fingerprint density at radius 2 is 2.26 bits per heavy atom. The Morgan fingerprint density at radius 1 is 1.47 bits per heavy atom. The average molecular weight is 262 g/mol. The fourth-order valence-corrected chi connectivity index (χ4v) is 2.23. The van der Waals surface area contributed by atoms with Crippen molar-refractivity contribution >= 4 is 11.5 Å². The normalized spacial score (nSPS) is 12.8. The molecule has 5 nitrogen and oxygen atoms in total. The highest BCUT2D eigenvalue weighted by Gasteiger charge is 2.16. The molecule has 104 valence electrons. The molecule has 0 aliphatic carbocycles. The van der Waals surface area contributed by atoms with E-state index in [0.29, 0.717) is 6.54 Å². The van der Waals surface area contributed by atoms with Gasteiger partial charge in [0.15, 0.2) is 5.82 Å². The van der Waals surface area contributed by atoms with Crippen LogP contribution in [0, 0.1) is 0 Å². The first-order chi connectivity index (χ1) is 9.13. The molecule has 0 saturated heterocycles. The third kappa shape index (κ3) is 3.05. The molecule has 0 aliphatic rings. The highest BCUT2D eigenvalue weighted by Crippen LogP contribution is 2.20. The molecule has 0 aromatic carbocycles. The minimum Gasteiger partial charge on any atom is -0.392 e. The van der Waals surface area contributed by atoms with Crippen LogP contribution in [-0.2, 0) is 6.54 Å². The lowest BCUT2D eigenvalue weighted by Gasteiger charge is -2.20. The topological polar surface area (TPSA) is 52.8 Å². The first-order valence-corrected chi connectivity index (χ1v) is 6.69. The molecule has 2 aromatic rings. The lowest BCUT2D eigenvalue weighted by molar-refractivity contribution is 0.201. The molecular formula is C14H22N4O. The smallest absolute Gasteiger partial charge is 0.152 e. The Balaban J connectivity index is 2.40. The number of aliphatic hydroxyl groups excluding tert-OH is 1. The Labute approximate surface area is 113 Å². The fourth-order valence-electron chi connectivity index (χ4n) is 2.23. The van der Waals surface area contributed by atoms with Crippen LogP contribution in [0.15, 0.2) is 24.4 Å². The van der Waals surface area contributed by atoms with Gasteiger partial charge >= 0.3 is 0 Å². The van der Waals surface area contributed by atoms with Gasteiger partial charge in [-0.1, -0.05) is 13.0 Å². The standard InChI is InChI=1S/C14H22N4O/c1-4-15-9-12-14(17(3)10-11(2)19)16-13-7-5-6-8-18(12)13/h5-8,11,15,19H,4,9-10H2,1-3H3. The van der Waals surface area contributed by atoms with Gasteiger partial charge in [0.25, 0.3) is 0 Å². The lowest BCUT2D eigenvalue weighted by Crippen LogP contribution is -2.28. The zero-order valence-corrected chi connectivity index (χ0v) is 11.8. The number of imidazole rings is 1. The Kier molecular flexibility index (Phi) is 4.39. The second-order valence-electron chi connectivity index (χ2n) is 4.82. The molecule has 0 saturated carbocycles. The van der Waals surface area contributed by atoms with Gasteiger partial charge in [-0.25, -0.2) is 4.98 Å². The second kappa shape index (κ2) is 6.04. The molecule has 2 N–H and O–H groups in total. The summed E-state index contributed by atoms with van der Waals surface area (Å²) in [5.74, 6) is 0.924. The largest absolute Gasteiger partial charge is 0.392 e. The van der Waals surface area contributed by atoms with Gasteiger partial charge < -0.3 is 19.7 Å². The number of fused-ring (bicyclic) bond motifs is 1. The number of nitrogens with one attached hydrogen (secondary N) is 1. The predicted octanol–water partition coefficient (Wildman–Crippen LogP) is 1.26. The van der Waals surface area contributed by atoms with E-state index in [2.05, 4.69) is 21.6 Å². The van der Waals surface area contributed by atoms with Crippen LogP contribution in [0.2, 0.25) is 0 Å². The molecule has 0 fully saturated rings. The fraction of sp³-hybridized carbons (Fsp3) is 0.500. The number of aromatic nitrogens is 2. The maximum atomic E-state index is 9.53. The summed E-state index contributed by atoms with van der Waals surface area (Å²) in [6, 6.07) is 5.98. The third-order valence-corrected chi connectivity index (χ3v) is 3.05. The zero-order valence-electron chi connectivity index (χ0n) is 11.8. The Morgan fingerprint density at radius 3 is 2.95 bits per heavy atom. The van der Waals surface area contributed by atoms with Crippen LogP contribution in [0.5, 0.6) is 0 Å². The molecule has 2 aromatic heterocycles. The molecule has 19 heavy (non-hydrogen) atoms. The number of anilines is 1. The van der Waals surface area contributed by atoms with Crippen molar-refractivity contribution in [2.45, 2.75) is 26.5 Å². The van der Waals surface area contributed by atoms with E-state index < -0.39 is 0 Å². The summed E-state index contributed by atoms with van der Waals surface area (Å²) in [5, 5.41) is 12.9. The average Bonchev–Trinajstić information content (AvgIpc) is 2.74. The van der Waals surface area contributed by atoms with Crippen LogP contribution in [0.3, 0.4) is 0 Å². The van der Waals surface area contributed by atoms with Gasteiger partial charge in [0.2, 0.25) is 0 Å². The van der Waals surface area contributed by atoms with Gasteiger partial charge in [0.1, 0.15) is 5.65 Å². The van der Waals surface area contributed by atoms with Gasteiger partial charge in [-0.05, 0) is 25.6 Å². The van der Waals surface area contributed by atoms with Crippen LogP contribution in [-0.4, -0.2) is 40.7 Å². The van der Waals surface area contributed by atoms with E-state index in [1.165, 1.54) is 0 Å². The predicted molar refractivity (Wildman–Crippen MR) is 77.5 cm³/mol. The Hall–Kier alpha value is -1.59. The van der Waals surface area contributed by atoms with E-state index in [4.69, 9.17) is 0 Å². The number of aliphatic hydroxyl groups is 1. The highest BCUT2D eigenvalue weighted by molar-refractivity contribution is 5.55. The summed E-state index contributed by atoms with van der Waals surface area (Å²) in [6.07, 6.45) is 1.65. The molecule has 0 radical (unpaired) electrons. The quantitative estimate of drug-likeness (QED) is 0.823. The maximum Gasteiger partial charge on any atom is 0.152 e. The van der Waals surface area contributed by atoms with Gasteiger partial charge in [0, 0.05) is 26.3 Å².